The monoisotopic (exact) mass is 396 g/mol. The van der Waals surface area contributed by atoms with Crippen LogP contribution < -0.4 is 10.2 Å². The van der Waals surface area contributed by atoms with Crippen LogP contribution in [0.1, 0.15) is 39.4 Å². The Morgan fingerprint density at radius 2 is 1.93 bits per heavy atom. The van der Waals surface area contributed by atoms with Gasteiger partial charge >= 0.3 is 0 Å². The predicted octanol–water partition coefficient (Wildman–Crippen LogP) is 2.40. The third kappa shape index (κ3) is 3.81. The molecule has 152 valence electrons. The summed E-state index contributed by atoms with van der Waals surface area (Å²) in [6.45, 7) is 7.11. The molecule has 2 aliphatic rings. The highest BCUT2D eigenvalue weighted by Crippen LogP contribution is 2.27. The Morgan fingerprint density at radius 1 is 1.17 bits per heavy atom. The molecular formula is C22H25FN4O2. The SMILES string of the molecule is Cc1cnc(N2CCN(C(=O)c3ccc(C4CCNC4=O)c(F)c3)CC2)c(C)c1. The first-order valence-corrected chi connectivity index (χ1v) is 9.98. The molecule has 0 spiro atoms. The zero-order chi connectivity index (χ0) is 20.5. The average molecular weight is 396 g/mol. The fraction of sp³-hybridized carbons (Fsp3) is 0.409. The molecule has 0 saturated carbocycles. The third-order valence-electron chi connectivity index (χ3n) is 5.73. The van der Waals surface area contributed by atoms with E-state index in [1.54, 1.807) is 17.0 Å². The first-order chi connectivity index (χ1) is 13.9. The number of benzene rings is 1. The van der Waals surface area contributed by atoms with E-state index in [2.05, 4.69) is 21.3 Å². The number of amides is 2. The number of piperazine rings is 1. The minimum atomic E-state index is -0.490. The maximum atomic E-state index is 14.6. The molecule has 3 heterocycles. The molecule has 2 aromatic rings. The number of aryl methyl sites for hydroxylation is 2. The van der Waals surface area contributed by atoms with Crippen LogP contribution in [0.2, 0.25) is 0 Å². The lowest BCUT2D eigenvalue weighted by atomic mass is 9.95. The van der Waals surface area contributed by atoms with Gasteiger partial charge in [-0.2, -0.15) is 0 Å². The molecule has 2 amide bonds. The Kier molecular flexibility index (Phi) is 5.22. The van der Waals surface area contributed by atoms with E-state index in [0.29, 0.717) is 50.3 Å². The lowest BCUT2D eigenvalue weighted by Crippen LogP contribution is -2.49. The maximum absolute atomic E-state index is 14.6. The summed E-state index contributed by atoms with van der Waals surface area (Å²) in [5.74, 6) is -0.337. The van der Waals surface area contributed by atoms with Crippen LogP contribution in [0, 0.1) is 19.7 Å². The highest BCUT2D eigenvalue weighted by atomic mass is 19.1. The Balaban J connectivity index is 1.43. The van der Waals surface area contributed by atoms with E-state index < -0.39 is 11.7 Å². The Hall–Kier alpha value is -2.96. The van der Waals surface area contributed by atoms with E-state index in [9.17, 15) is 14.0 Å². The maximum Gasteiger partial charge on any atom is 0.254 e. The van der Waals surface area contributed by atoms with Gasteiger partial charge in [-0.25, -0.2) is 9.37 Å². The zero-order valence-corrected chi connectivity index (χ0v) is 16.7. The normalized spacial score (nSPS) is 19.4. The number of carbonyl (C=O) groups excluding carboxylic acids is 2. The summed E-state index contributed by atoms with van der Waals surface area (Å²) >= 11 is 0. The summed E-state index contributed by atoms with van der Waals surface area (Å²) in [6.07, 6.45) is 2.44. The Morgan fingerprint density at radius 3 is 2.55 bits per heavy atom. The number of rotatable bonds is 3. The van der Waals surface area contributed by atoms with Gasteiger partial charge in [0.15, 0.2) is 0 Å². The predicted molar refractivity (Wildman–Crippen MR) is 109 cm³/mol. The molecule has 4 rings (SSSR count). The van der Waals surface area contributed by atoms with Gasteiger partial charge in [0.25, 0.3) is 5.91 Å². The third-order valence-corrected chi connectivity index (χ3v) is 5.73. The van der Waals surface area contributed by atoms with Crippen molar-refractivity contribution >= 4 is 17.6 Å². The van der Waals surface area contributed by atoms with Crippen molar-refractivity contribution in [3.8, 4) is 0 Å². The number of anilines is 1. The standard InChI is InChI=1S/C22H25FN4O2/c1-14-11-15(2)20(25-13-14)26-7-9-27(10-8-26)22(29)16-3-4-17(19(23)12-16)18-5-6-24-21(18)28/h3-4,11-13,18H,5-10H2,1-2H3,(H,24,28). The van der Waals surface area contributed by atoms with Crippen LogP contribution in [0.3, 0.4) is 0 Å². The quantitative estimate of drug-likeness (QED) is 0.865. The number of carbonyl (C=O) groups is 2. The molecule has 0 radical (unpaired) electrons. The van der Waals surface area contributed by atoms with E-state index in [0.717, 1.165) is 16.9 Å². The number of nitrogens with zero attached hydrogens (tertiary/aromatic N) is 3. The van der Waals surface area contributed by atoms with Crippen LogP contribution in [0.15, 0.2) is 30.5 Å². The van der Waals surface area contributed by atoms with Gasteiger partial charge in [0.2, 0.25) is 5.91 Å². The molecule has 0 bridgehead atoms. The van der Waals surface area contributed by atoms with Crippen molar-refractivity contribution in [2.24, 2.45) is 0 Å². The molecule has 1 atom stereocenters. The summed E-state index contributed by atoms with van der Waals surface area (Å²) < 4.78 is 14.6. The van der Waals surface area contributed by atoms with E-state index in [1.165, 1.54) is 6.07 Å². The van der Waals surface area contributed by atoms with Crippen LogP contribution in [0.4, 0.5) is 10.2 Å². The van der Waals surface area contributed by atoms with Gasteiger partial charge in [0.05, 0.1) is 5.92 Å². The molecule has 2 aliphatic heterocycles. The zero-order valence-electron chi connectivity index (χ0n) is 16.7. The summed E-state index contributed by atoms with van der Waals surface area (Å²) in [4.78, 5) is 33.1. The molecule has 2 fully saturated rings. The number of hydrogen-bond acceptors (Lipinski definition) is 4. The Labute approximate surface area is 169 Å². The first-order valence-electron chi connectivity index (χ1n) is 9.98. The van der Waals surface area contributed by atoms with Crippen LogP contribution in [-0.2, 0) is 4.79 Å². The van der Waals surface area contributed by atoms with Gasteiger partial charge in [0.1, 0.15) is 11.6 Å². The molecule has 1 aromatic carbocycles. The lowest BCUT2D eigenvalue weighted by molar-refractivity contribution is -0.120. The smallest absolute Gasteiger partial charge is 0.254 e. The summed E-state index contributed by atoms with van der Waals surface area (Å²) in [5.41, 5.74) is 2.93. The molecule has 29 heavy (non-hydrogen) atoms. The van der Waals surface area contributed by atoms with E-state index in [4.69, 9.17) is 0 Å². The number of nitrogens with one attached hydrogen (secondary N) is 1. The minimum Gasteiger partial charge on any atom is -0.356 e. The van der Waals surface area contributed by atoms with Crippen molar-refractivity contribution in [3.05, 3.63) is 58.5 Å². The molecule has 0 aliphatic carbocycles. The largest absolute Gasteiger partial charge is 0.356 e. The topological polar surface area (TPSA) is 65.5 Å². The molecule has 7 heteroatoms. The van der Waals surface area contributed by atoms with Gasteiger partial charge in [0, 0.05) is 50.0 Å². The molecule has 1 unspecified atom stereocenters. The van der Waals surface area contributed by atoms with Crippen LogP contribution in [0.25, 0.3) is 0 Å². The second kappa shape index (κ2) is 7.81. The molecule has 6 nitrogen and oxygen atoms in total. The van der Waals surface area contributed by atoms with Gasteiger partial charge in [-0.1, -0.05) is 12.1 Å². The second-order valence-corrected chi connectivity index (χ2v) is 7.80. The second-order valence-electron chi connectivity index (χ2n) is 7.80. The average Bonchev–Trinajstić information content (AvgIpc) is 3.13. The van der Waals surface area contributed by atoms with Crippen molar-refractivity contribution < 1.29 is 14.0 Å². The van der Waals surface area contributed by atoms with Crippen molar-refractivity contribution in [1.29, 1.82) is 0 Å². The number of pyridine rings is 1. The van der Waals surface area contributed by atoms with Gasteiger partial charge in [-0.05, 0) is 43.5 Å². The number of aromatic nitrogens is 1. The fourth-order valence-corrected chi connectivity index (χ4v) is 4.18. The Bertz CT molecular complexity index is 954. The van der Waals surface area contributed by atoms with Gasteiger partial charge < -0.3 is 15.1 Å². The van der Waals surface area contributed by atoms with Crippen molar-refractivity contribution in [2.75, 3.05) is 37.6 Å². The van der Waals surface area contributed by atoms with E-state index >= 15 is 0 Å². The van der Waals surface area contributed by atoms with Crippen molar-refractivity contribution in [2.45, 2.75) is 26.2 Å². The van der Waals surface area contributed by atoms with E-state index in [-0.39, 0.29) is 11.8 Å². The molecule has 1 N–H and O–H groups in total. The number of hydrogen-bond donors (Lipinski definition) is 1. The van der Waals surface area contributed by atoms with Crippen molar-refractivity contribution in [1.82, 2.24) is 15.2 Å². The summed E-state index contributed by atoms with van der Waals surface area (Å²) in [7, 11) is 0. The highest BCUT2D eigenvalue weighted by Gasteiger charge is 2.29. The fourth-order valence-electron chi connectivity index (χ4n) is 4.18. The van der Waals surface area contributed by atoms with Crippen LogP contribution in [-0.4, -0.2) is 54.4 Å². The lowest BCUT2D eigenvalue weighted by Gasteiger charge is -2.36. The van der Waals surface area contributed by atoms with Crippen molar-refractivity contribution in [3.63, 3.8) is 0 Å². The van der Waals surface area contributed by atoms with E-state index in [1.807, 2.05) is 20.0 Å². The summed E-state index contributed by atoms with van der Waals surface area (Å²) in [6, 6.07) is 6.58. The van der Waals surface area contributed by atoms with Crippen LogP contribution in [0.5, 0.6) is 0 Å². The minimum absolute atomic E-state index is 0.154. The number of halogens is 1. The summed E-state index contributed by atoms with van der Waals surface area (Å²) in [5, 5.41) is 2.72. The van der Waals surface area contributed by atoms with Gasteiger partial charge in [-0.3, -0.25) is 9.59 Å². The highest BCUT2D eigenvalue weighted by molar-refractivity contribution is 5.95. The molecule has 1 aromatic heterocycles. The van der Waals surface area contributed by atoms with Crippen LogP contribution >= 0.6 is 0 Å². The molecule has 2 saturated heterocycles. The van der Waals surface area contributed by atoms with Gasteiger partial charge in [-0.15, -0.1) is 0 Å². The first kappa shape index (κ1) is 19.4. The molecular weight excluding hydrogens is 371 g/mol.